The lowest BCUT2D eigenvalue weighted by atomic mass is 10.0. The van der Waals surface area contributed by atoms with E-state index in [0.29, 0.717) is 6.61 Å². The van der Waals surface area contributed by atoms with Crippen molar-refractivity contribution in [2.24, 2.45) is 0 Å². The molecule has 3 nitrogen and oxygen atoms in total. The van der Waals surface area contributed by atoms with E-state index in [2.05, 4.69) is 53.8 Å². The van der Waals surface area contributed by atoms with Crippen molar-refractivity contribution in [3.8, 4) is 5.75 Å². The molecule has 0 aromatic heterocycles. The van der Waals surface area contributed by atoms with Gasteiger partial charge in [0.1, 0.15) is 11.9 Å². The van der Waals surface area contributed by atoms with Crippen molar-refractivity contribution in [2.45, 2.75) is 77.5 Å². The molecular formula is C19H32O3Si. The molecule has 1 aliphatic heterocycles. The Balaban J connectivity index is 2.23. The van der Waals surface area contributed by atoms with Crippen LogP contribution < -0.4 is 4.74 Å². The molecule has 0 unspecified atom stereocenters. The predicted octanol–water partition coefficient (Wildman–Crippen LogP) is 5.67. The second-order valence-corrected chi connectivity index (χ2v) is 12.7. The molecule has 0 radical (unpaired) electrons. The monoisotopic (exact) mass is 336 g/mol. The van der Waals surface area contributed by atoms with E-state index in [4.69, 9.17) is 13.9 Å². The first kappa shape index (κ1) is 18.5. The van der Waals surface area contributed by atoms with Crippen LogP contribution in [0.15, 0.2) is 24.3 Å². The van der Waals surface area contributed by atoms with Crippen LogP contribution in [0.3, 0.4) is 0 Å². The van der Waals surface area contributed by atoms with Crippen molar-refractivity contribution < 1.29 is 13.9 Å². The van der Waals surface area contributed by atoms with Crippen LogP contribution in [0.5, 0.6) is 5.75 Å². The zero-order valence-corrected chi connectivity index (χ0v) is 16.7. The summed E-state index contributed by atoms with van der Waals surface area (Å²) in [6.45, 7) is 16.2. The van der Waals surface area contributed by atoms with Crippen LogP contribution >= 0.6 is 0 Å². The minimum atomic E-state index is -1.80. The van der Waals surface area contributed by atoms with Crippen LogP contribution in [0.2, 0.25) is 18.1 Å². The van der Waals surface area contributed by atoms with Crippen LogP contribution in [0.1, 0.15) is 59.1 Å². The summed E-state index contributed by atoms with van der Waals surface area (Å²) in [6, 6.07) is 8.18. The summed E-state index contributed by atoms with van der Waals surface area (Å²) in [5.74, 6) is 0.404. The van der Waals surface area contributed by atoms with Gasteiger partial charge in [-0.25, -0.2) is 0 Å². The van der Waals surface area contributed by atoms with Gasteiger partial charge < -0.3 is 13.9 Å². The fourth-order valence-electron chi connectivity index (χ4n) is 2.57. The molecule has 1 atom stereocenters. The van der Waals surface area contributed by atoms with E-state index < -0.39 is 14.1 Å². The molecule has 0 bridgehead atoms. The number of fused-ring (bicyclic) bond motifs is 1. The molecule has 4 heteroatoms. The fourth-order valence-corrected chi connectivity index (χ4v) is 3.57. The predicted molar refractivity (Wildman–Crippen MR) is 97.4 cm³/mol. The van der Waals surface area contributed by atoms with E-state index in [9.17, 15) is 0 Å². The smallest absolute Gasteiger partial charge is 0.210 e. The zero-order chi connectivity index (χ0) is 17.3. The quantitative estimate of drug-likeness (QED) is 0.648. The minimum absolute atomic E-state index is 0.0611. The molecule has 0 spiro atoms. The molecule has 1 heterocycles. The molecule has 0 saturated carbocycles. The van der Waals surface area contributed by atoms with Gasteiger partial charge in [0.15, 0.2) is 8.32 Å². The molecule has 0 N–H and O–H groups in total. The van der Waals surface area contributed by atoms with E-state index in [1.165, 1.54) is 0 Å². The van der Waals surface area contributed by atoms with Gasteiger partial charge in [0.25, 0.3) is 0 Å². The van der Waals surface area contributed by atoms with Crippen LogP contribution in [0.25, 0.3) is 0 Å². The third-order valence-electron chi connectivity index (χ3n) is 5.40. The van der Waals surface area contributed by atoms with Crippen molar-refractivity contribution in [3.63, 3.8) is 0 Å². The lowest BCUT2D eigenvalue weighted by molar-refractivity contribution is -0.238. The number of hydrogen-bond donors (Lipinski definition) is 0. The Morgan fingerprint density at radius 2 is 1.74 bits per heavy atom. The first-order valence-corrected chi connectivity index (χ1v) is 11.6. The van der Waals surface area contributed by atoms with Crippen molar-refractivity contribution >= 4 is 8.32 Å². The van der Waals surface area contributed by atoms with Gasteiger partial charge in [-0.3, -0.25) is 0 Å². The Labute approximate surface area is 142 Å². The highest BCUT2D eigenvalue weighted by molar-refractivity contribution is 6.74. The molecular weight excluding hydrogens is 304 g/mol. The SMILES string of the molecule is CCC1(CC)Oc2ccccc2[C@H](CO[Si](C)(C)C(C)(C)C)O1. The van der Waals surface area contributed by atoms with Gasteiger partial charge in [0, 0.05) is 18.4 Å². The maximum Gasteiger partial charge on any atom is 0.210 e. The van der Waals surface area contributed by atoms with Crippen LogP contribution in [-0.2, 0) is 9.16 Å². The maximum atomic E-state index is 6.43. The second-order valence-electron chi connectivity index (χ2n) is 7.94. The van der Waals surface area contributed by atoms with Gasteiger partial charge in [0.2, 0.25) is 5.79 Å². The third-order valence-corrected chi connectivity index (χ3v) is 9.90. The Kier molecular flexibility index (Phi) is 5.29. The molecule has 1 aromatic rings. The Morgan fingerprint density at radius 3 is 2.30 bits per heavy atom. The molecule has 23 heavy (non-hydrogen) atoms. The Bertz CT molecular complexity index is 530. The number of para-hydroxylation sites is 1. The molecule has 0 amide bonds. The molecule has 0 aliphatic carbocycles. The highest BCUT2D eigenvalue weighted by atomic mass is 28.4. The van der Waals surface area contributed by atoms with Gasteiger partial charge in [0.05, 0.1) is 6.61 Å². The number of rotatable bonds is 5. The van der Waals surface area contributed by atoms with Crippen molar-refractivity contribution in [2.75, 3.05) is 6.61 Å². The molecule has 1 aromatic carbocycles. The first-order chi connectivity index (χ1) is 10.6. The average molecular weight is 337 g/mol. The van der Waals surface area contributed by atoms with Gasteiger partial charge in [-0.05, 0) is 24.2 Å². The standard InChI is InChI=1S/C19H32O3Si/c1-8-19(9-2)21-16-13-11-10-12-15(16)17(22-19)14-20-23(6,7)18(3,4)5/h10-13,17H,8-9,14H2,1-7H3/t17-/m0/s1. The second kappa shape index (κ2) is 6.58. The normalized spacial score (nSPS) is 20.7. The fraction of sp³-hybridized carbons (Fsp3) is 0.684. The molecule has 130 valence electrons. The van der Waals surface area contributed by atoms with Crippen LogP contribution in [0.4, 0.5) is 0 Å². The summed E-state index contributed by atoms with van der Waals surface area (Å²) in [5.41, 5.74) is 1.10. The summed E-state index contributed by atoms with van der Waals surface area (Å²) >= 11 is 0. The third kappa shape index (κ3) is 3.81. The van der Waals surface area contributed by atoms with E-state index in [1.807, 2.05) is 18.2 Å². The maximum absolute atomic E-state index is 6.43. The first-order valence-electron chi connectivity index (χ1n) is 8.74. The summed E-state index contributed by atoms with van der Waals surface area (Å²) in [6.07, 6.45) is 1.59. The minimum Gasteiger partial charge on any atom is -0.462 e. The molecule has 1 aliphatic rings. The van der Waals surface area contributed by atoms with Gasteiger partial charge in [-0.15, -0.1) is 0 Å². The van der Waals surface area contributed by atoms with Crippen molar-refractivity contribution in [3.05, 3.63) is 29.8 Å². The zero-order valence-electron chi connectivity index (χ0n) is 15.7. The van der Waals surface area contributed by atoms with Gasteiger partial charge >= 0.3 is 0 Å². The lowest BCUT2D eigenvalue weighted by Crippen LogP contribution is -2.46. The highest BCUT2D eigenvalue weighted by Gasteiger charge is 2.42. The molecule has 0 saturated heterocycles. The Hall–Kier alpha value is -0.843. The van der Waals surface area contributed by atoms with E-state index >= 15 is 0 Å². The summed E-state index contributed by atoms with van der Waals surface area (Å²) in [4.78, 5) is 0. The largest absolute Gasteiger partial charge is 0.462 e. The van der Waals surface area contributed by atoms with Gasteiger partial charge in [-0.1, -0.05) is 52.8 Å². The summed E-state index contributed by atoms with van der Waals surface area (Å²) in [7, 11) is -1.80. The lowest BCUT2D eigenvalue weighted by Gasteiger charge is -2.43. The van der Waals surface area contributed by atoms with E-state index in [0.717, 1.165) is 24.2 Å². The van der Waals surface area contributed by atoms with E-state index in [1.54, 1.807) is 0 Å². The van der Waals surface area contributed by atoms with Crippen molar-refractivity contribution in [1.29, 1.82) is 0 Å². The molecule has 2 rings (SSSR count). The summed E-state index contributed by atoms with van der Waals surface area (Å²) in [5, 5.41) is 0.199. The van der Waals surface area contributed by atoms with Crippen LogP contribution in [-0.4, -0.2) is 20.7 Å². The van der Waals surface area contributed by atoms with Crippen LogP contribution in [0, 0.1) is 0 Å². The van der Waals surface area contributed by atoms with Crippen molar-refractivity contribution in [1.82, 2.24) is 0 Å². The van der Waals surface area contributed by atoms with E-state index in [-0.39, 0.29) is 11.1 Å². The topological polar surface area (TPSA) is 27.7 Å². The molecule has 0 fully saturated rings. The number of ether oxygens (including phenoxy) is 2. The number of hydrogen-bond acceptors (Lipinski definition) is 3. The van der Waals surface area contributed by atoms with Gasteiger partial charge in [-0.2, -0.15) is 0 Å². The number of benzene rings is 1. The summed E-state index contributed by atoms with van der Waals surface area (Å²) < 4.78 is 19.0. The highest BCUT2D eigenvalue weighted by Crippen LogP contribution is 2.43. The Morgan fingerprint density at radius 1 is 1.13 bits per heavy atom. The average Bonchev–Trinajstić information content (AvgIpc) is 2.51.